The molecule has 9 nitrogen and oxygen atoms in total. The van der Waals surface area contributed by atoms with E-state index in [1.54, 1.807) is 47.9 Å². The summed E-state index contributed by atoms with van der Waals surface area (Å²) < 4.78 is 37.5. The van der Waals surface area contributed by atoms with Crippen LogP contribution in [0.2, 0.25) is 10.0 Å². The zero-order valence-electron chi connectivity index (χ0n) is 21.9. The molecule has 220 valence electrons. The topological polar surface area (TPSA) is 128 Å². The maximum atomic E-state index is 13.0. The number of piperidine rings is 1. The molecule has 3 rings (SSSR count). The predicted octanol–water partition coefficient (Wildman–Crippen LogP) is 5.85. The van der Waals surface area contributed by atoms with Crippen molar-refractivity contribution in [2.24, 2.45) is 17.3 Å². The van der Waals surface area contributed by atoms with Crippen molar-refractivity contribution in [1.29, 1.82) is 0 Å². The summed E-state index contributed by atoms with van der Waals surface area (Å²) in [6.07, 6.45) is -4.56. The number of alkyl halides is 3. The molecule has 0 bridgehead atoms. The summed E-state index contributed by atoms with van der Waals surface area (Å²) in [6, 6.07) is 11.8. The molecule has 1 aliphatic rings. The number of nitrogens with zero attached hydrogens (tertiary/aromatic N) is 1. The Bertz CT molecular complexity index is 1170. The van der Waals surface area contributed by atoms with Gasteiger partial charge in [-0.2, -0.15) is 13.2 Å². The van der Waals surface area contributed by atoms with Gasteiger partial charge in [0.15, 0.2) is 0 Å². The minimum Gasteiger partial charge on any atom is -0.475 e. The fourth-order valence-corrected chi connectivity index (χ4v) is 4.57. The van der Waals surface area contributed by atoms with E-state index < -0.39 is 29.9 Å². The number of ether oxygens (including phenoxy) is 1. The summed E-state index contributed by atoms with van der Waals surface area (Å²) in [5, 5.41) is 20.1. The van der Waals surface area contributed by atoms with E-state index in [2.05, 4.69) is 31.0 Å². The Labute approximate surface area is 239 Å². The predicted molar refractivity (Wildman–Crippen MR) is 143 cm³/mol. The van der Waals surface area contributed by atoms with Gasteiger partial charge in [-0.3, -0.25) is 14.8 Å². The Kier molecular flexibility index (Phi) is 11.6. The molecule has 1 aliphatic heterocycles. The summed E-state index contributed by atoms with van der Waals surface area (Å²) >= 11 is 12.0. The highest BCUT2D eigenvalue weighted by molar-refractivity contribution is 6.34. The van der Waals surface area contributed by atoms with Gasteiger partial charge in [-0.05, 0) is 60.8 Å². The zero-order valence-corrected chi connectivity index (χ0v) is 23.4. The minimum absolute atomic E-state index is 0.0650. The van der Waals surface area contributed by atoms with E-state index in [-0.39, 0.29) is 11.3 Å². The number of amides is 2. The van der Waals surface area contributed by atoms with Crippen LogP contribution < -0.4 is 15.5 Å². The van der Waals surface area contributed by atoms with Crippen molar-refractivity contribution in [3.05, 3.63) is 52.5 Å². The third-order valence-corrected chi connectivity index (χ3v) is 6.05. The highest BCUT2D eigenvalue weighted by Crippen LogP contribution is 2.30. The van der Waals surface area contributed by atoms with Crippen LogP contribution in [-0.4, -0.2) is 58.8 Å². The molecule has 0 radical (unpaired) electrons. The van der Waals surface area contributed by atoms with Crippen LogP contribution in [0.5, 0.6) is 11.5 Å². The first kappa shape index (κ1) is 33.1. The van der Waals surface area contributed by atoms with Gasteiger partial charge in [0, 0.05) is 28.8 Å². The van der Waals surface area contributed by atoms with Crippen molar-refractivity contribution >= 4 is 46.7 Å². The monoisotopic (exact) mass is 607 g/mol. The third-order valence-electron chi connectivity index (χ3n) is 5.61. The molecule has 40 heavy (non-hydrogen) atoms. The molecule has 0 aromatic heterocycles. The van der Waals surface area contributed by atoms with Gasteiger partial charge in [0.05, 0.1) is 11.8 Å². The van der Waals surface area contributed by atoms with Crippen LogP contribution in [-0.2, 0) is 14.4 Å². The van der Waals surface area contributed by atoms with E-state index in [9.17, 15) is 28.0 Å². The highest BCUT2D eigenvalue weighted by Gasteiger charge is 2.39. The normalized spacial score (nSPS) is 17.7. The summed E-state index contributed by atoms with van der Waals surface area (Å²) in [7, 11) is 0. The number of hydrogen-bond donors (Lipinski definition) is 4. The number of likely N-dealkylation sites (tertiary alicyclic amines) is 1. The van der Waals surface area contributed by atoms with Gasteiger partial charge in [-0.25, -0.2) is 10.3 Å². The molecule has 2 amide bonds. The molecule has 2 aromatic carbocycles. The van der Waals surface area contributed by atoms with Crippen LogP contribution in [0.25, 0.3) is 0 Å². The number of carbonyl (C=O) groups excluding carboxylic acids is 2. The molecular weight excluding hydrogens is 578 g/mol. The average Bonchev–Trinajstić information content (AvgIpc) is 2.83. The van der Waals surface area contributed by atoms with E-state index in [1.807, 2.05) is 0 Å². The molecule has 2 aromatic rings. The molecule has 1 fully saturated rings. The quantitative estimate of drug-likeness (QED) is 0.239. The Balaban J connectivity index is 0.000000708. The number of benzene rings is 2. The lowest BCUT2D eigenvalue weighted by Crippen LogP contribution is -2.51. The zero-order chi connectivity index (χ0) is 30.3. The van der Waals surface area contributed by atoms with Crippen LogP contribution in [0.1, 0.15) is 27.2 Å². The summed E-state index contributed by atoms with van der Waals surface area (Å²) in [5.74, 6) is -3.68. The fraction of sp³-hybridized carbons (Fsp3) is 0.423. The van der Waals surface area contributed by atoms with Crippen LogP contribution in [0.3, 0.4) is 0 Å². The maximum absolute atomic E-state index is 13.0. The second-order valence-corrected chi connectivity index (χ2v) is 11.2. The number of hydroxylamine groups is 1. The largest absolute Gasteiger partial charge is 0.490 e. The lowest BCUT2D eigenvalue weighted by atomic mass is 9.83. The van der Waals surface area contributed by atoms with E-state index in [0.29, 0.717) is 46.7 Å². The van der Waals surface area contributed by atoms with Gasteiger partial charge in [-0.1, -0.05) is 44.0 Å². The lowest BCUT2D eigenvalue weighted by Gasteiger charge is -2.39. The van der Waals surface area contributed by atoms with Crippen molar-refractivity contribution in [3.8, 4) is 11.5 Å². The van der Waals surface area contributed by atoms with Gasteiger partial charge < -0.3 is 20.1 Å². The number of anilines is 1. The summed E-state index contributed by atoms with van der Waals surface area (Å²) in [6.45, 7) is 8.30. The second-order valence-electron chi connectivity index (χ2n) is 10.3. The SMILES string of the molecule is CC(C)(C)CN1CC[C@H](C(=O)Nc2ccc(Oc3cc(Cl)cc(Cl)c3)cc2)[C@@H](C(=O)NO)C1.O=C(O)C(F)(F)F. The van der Waals surface area contributed by atoms with Gasteiger partial charge in [-0.15, -0.1) is 0 Å². The number of carbonyl (C=O) groups is 3. The molecule has 0 saturated carbocycles. The molecule has 4 N–H and O–H groups in total. The average molecular weight is 608 g/mol. The molecule has 2 atom stereocenters. The van der Waals surface area contributed by atoms with E-state index >= 15 is 0 Å². The Morgan fingerprint density at radius 3 is 2.00 bits per heavy atom. The molecule has 0 spiro atoms. The molecule has 0 aliphatic carbocycles. The van der Waals surface area contributed by atoms with Crippen LogP contribution in [0.15, 0.2) is 42.5 Å². The maximum Gasteiger partial charge on any atom is 0.490 e. The number of carboxylic acid groups (broad SMARTS) is 1. The van der Waals surface area contributed by atoms with Gasteiger partial charge in [0.25, 0.3) is 0 Å². The van der Waals surface area contributed by atoms with Crippen molar-refractivity contribution in [2.75, 3.05) is 25.0 Å². The highest BCUT2D eigenvalue weighted by atomic mass is 35.5. The minimum atomic E-state index is -5.08. The number of nitrogens with one attached hydrogen (secondary N) is 2. The Morgan fingerprint density at radius 2 is 1.52 bits per heavy atom. The van der Waals surface area contributed by atoms with Crippen molar-refractivity contribution < 1.29 is 42.6 Å². The Hall–Kier alpha value is -3.06. The van der Waals surface area contributed by atoms with Crippen molar-refractivity contribution in [1.82, 2.24) is 10.4 Å². The lowest BCUT2D eigenvalue weighted by molar-refractivity contribution is -0.192. The number of carboxylic acids is 1. The number of hydrogen-bond acceptors (Lipinski definition) is 6. The molecule has 0 unspecified atom stereocenters. The fourth-order valence-electron chi connectivity index (χ4n) is 4.06. The van der Waals surface area contributed by atoms with Crippen LogP contribution in [0, 0.1) is 17.3 Å². The molecule has 1 heterocycles. The van der Waals surface area contributed by atoms with Crippen LogP contribution in [0.4, 0.5) is 18.9 Å². The first-order valence-corrected chi connectivity index (χ1v) is 12.8. The van der Waals surface area contributed by atoms with Gasteiger partial charge in [0.2, 0.25) is 11.8 Å². The number of rotatable bonds is 6. The number of halogens is 5. The van der Waals surface area contributed by atoms with Crippen LogP contribution >= 0.6 is 23.2 Å². The second kappa shape index (κ2) is 14.0. The first-order valence-electron chi connectivity index (χ1n) is 12.0. The molecular formula is C26H30Cl2F3N3O6. The Morgan fingerprint density at radius 1 is 0.975 bits per heavy atom. The standard InChI is InChI=1S/C24H29Cl2N3O4.C2HF3O2/c1-24(2,3)14-29-9-8-20(21(13-29)23(31)28-32)22(30)27-17-4-6-18(7-5-17)33-19-11-15(25)10-16(26)12-19;3-2(4,5)1(6)7/h4-7,10-12,20-21,32H,8-9,13-14H2,1-3H3,(H,27,30)(H,28,31);(H,6,7)/t20-,21-;/m0./s1. The van der Waals surface area contributed by atoms with Gasteiger partial charge >= 0.3 is 12.1 Å². The first-order chi connectivity index (χ1) is 18.5. The molecule has 14 heteroatoms. The smallest absolute Gasteiger partial charge is 0.475 e. The van der Waals surface area contributed by atoms with E-state index in [0.717, 1.165) is 6.54 Å². The summed E-state index contributed by atoms with van der Waals surface area (Å²) in [4.78, 5) is 36.4. The van der Waals surface area contributed by atoms with E-state index in [1.165, 1.54) is 0 Å². The number of aliphatic carboxylic acids is 1. The summed E-state index contributed by atoms with van der Waals surface area (Å²) in [5.41, 5.74) is 2.37. The molecule has 1 saturated heterocycles. The van der Waals surface area contributed by atoms with Crippen molar-refractivity contribution in [2.45, 2.75) is 33.4 Å². The third kappa shape index (κ3) is 10.8. The van der Waals surface area contributed by atoms with Crippen molar-refractivity contribution in [3.63, 3.8) is 0 Å². The van der Waals surface area contributed by atoms with E-state index in [4.69, 9.17) is 37.8 Å². The van der Waals surface area contributed by atoms with Gasteiger partial charge in [0.1, 0.15) is 11.5 Å².